The van der Waals surface area contributed by atoms with Crippen LogP contribution in [-0.2, 0) is 38.5 Å². The summed E-state index contributed by atoms with van der Waals surface area (Å²) in [4.78, 5) is 23.8. The van der Waals surface area contributed by atoms with Crippen LogP contribution in [0.25, 0.3) is 0 Å². The third-order valence-electron chi connectivity index (χ3n) is 3.58. The van der Waals surface area contributed by atoms with Gasteiger partial charge in [-0.25, -0.2) is 8.78 Å². The minimum Gasteiger partial charge on any atom is -0.461 e. The van der Waals surface area contributed by atoms with Crippen molar-refractivity contribution in [3.63, 3.8) is 0 Å². The number of ether oxygens (including phenoxy) is 2. The summed E-state index contributed by atoms with van der Waals surface area (Å²) < 4.78 is 38.8. The molecule has 0 unspecified atom stereocenters. The van der Waals surface area contributed by atoms with E-state index in [1.54, 1.807) is 32.9 Å². The van der Waals surface area contributed by atoms with Gasteiger partial charge in [0.05, 0.1) is 12.8 Å². The Balaban J connectivity index is 2.05. The van der Waals surface area contributed by atoms with E-state index in [-0.39, 0.29) is 18.6 Å². The zero-order valence-corrected chi connectivity index (χ0v) is 15.6. The lowest BCUT2D eigenvalue weighted by Gasteiger charge is -2.19. The van der Waals surface area contributed by atoms with Crippen LogP contribution in [0.3, 0.4) is 0 Å². The SMILES string of the molecule is CC(C)(C)OC(=O)Cc1c(F)ccc(CC(=O)OCc2ccccc2)c1F. The van der Waals surface area contributed by atoms with Crippen LogP contribution in [0.1, 0.15) is 37.5 Å². The molecule has 0 aliphatic carbocycles. The highest BCUT2D eigenvalue weighted by molar-refractivity contribution is 5.75. The van der Waals surface area contributed by atoms with E-state index in [9.17, 15) is 18.4 Å². The lowest BCUT2D eigenvalue weighted by Crippen LogP contribution is -2.25. The molecular weight excluding hydrogens is 354 g/mol. The number of carbonyl (C=O) groups excluding carboxylic acids is 2. The van der Waals surface area contributed by atoms with Crippen LogP contribution in [0.5, 0.6) is 0 Å². The highest BCUT2D eigenvalue weighted by Crippen LogP contribution is 2.20. The summed E-state index contributed by atoms with van der Waals surface area (Å²) in [6.45, 7) is 5.05. The van der Waals surface area contributed by atoms with E-state index in [1.165, 1.54) is 6.07 Å². The minimum absolute atomic E-state index is 0.0342. The Morgan fingerprint density at radius 1 is 0.926 bits per heavy atom. The summed E-state index contributed by atoms with van der Waals surface area (Å²) in [7, 11) is 0. The van der Waals surface area contributed by atoms with Gasteiger partial charge < -0.3 is 9.47 Å². The normalized spacial score (nSPS) is 11.1. The van der Waals surface area contributed by atoms with E-state index in [4.69, 9.17) is 9.47 Å². The number of rotatable bonds is 6. The first-order valence-corrected chi connectivity index (χ1v) is 8.53. The minimum atomic E-state index is -0.933. The maximum absolute atomic E-state index is 14.6. The fourth-order valence-electron chi connectivity index (χ4n) is 2.41. The Labute approximate surface area is 157 Å². The molecule has 0 aliphatic heterocycles. The molecule has 0 spiro atoms. The fourth-order valence-corrected chi connectivity index (χ4v) is 2.41. The molecule has 0 atom stereocenters. The summed E-state index contributed by atoms with van der Waals surface area (Å²) >= 11 is 0. The number of hydrogen-bond donors (Lipinski definition) is 0. The van der Waals surface area contributed by atoms with E-state index in [0.29, 0.717) is 0 Å². The van der Waals surface area contributed by atoms with Crippen molar-refractivity contribution < 1.29 is 27.8 Å². The first-order valence-electron chi connectivity index (χ1n) is 8.53. The van der Waals surface area contributed by atoms with Crippen molar-refractivity contribution in [2.24, 2.45) is 0 Å². The van der Waals surface area contributed by atoms with Crippen LogP contribution in [0.15, 0.2) is 42.5 Å². The lowest BCUT2D eigenvalue weighted by atomic mass is 10.0. The number of hydrogen-bond acceptors (Lipinski definition) is 4. The van der Waals surface area contributed by atoms with Crippen molar-refractivity contribution in [3.05, 3.63) is 70.8 Å². The molecule has 6 heteroatoms. The van der Waals surface area contributed by atoms with Crippen molar-refractivity contribution >= 4 is 11.9 Å². The number of carbonyl (C=O) groups is 2. The Morgan fingerprint density at radius 3 is 2.22 bits per heavy atom. The largest absolute Gasteiger partial charge is 0.461 e. The van der Waals surface area contributed by atoms with E-state index < -0.39 is 41.2 Å². The highest BCUT2D eigenvalue weighted by Gasteiger charge is 2.22. The maximum atomic E-state index is 14.6. The summed E-state index contributed by atoms with van der Waals surface area (Å²) in [6, 6.07) is 11.3. The third kappa shape index (κ3) is 6.47. The van der Waals surface area contributed by atoms with Crippen LogP contribution in [0.4, 0.5) is 8.78 Å². The molecule has 4 nitrogen and oxygen atoms in total. The molecule has 0 saturated carbocycles. The van der Waals surface area contributed by atoms with Gasteiger partial charge in [0.15, 0.2) is 0 Å². The number of benzene rings is 2. The predicted molar refractivity (Wildman–Crippen MR) is 95.8 cm³/mol. The van der Waals surface area contributed by atoms with Crippen molar-refractivity contribution in [3.8, 4) is 0 Å². The molecule has 27 heavy (non-hydrogen) atoms. The van der Waals surface area contributed by atoms with E-state index in [1.807, 2.05) is 18.2 Å². The molecule has 0 heterocycles. The maximum Gasteiger partial charge on any atom is 0.310 e. The van der Waals surface area contributed by atoms with Crippen molar-refractivity contribution in [1.29, 1.82) is 0 Å². The molecule has 0 amide bonds. The molecule has 2 aromatic carbocycles. The van der Waals surface area contributed by atoms with Crippen molar-refractivity contribution in [2.45, 2.75) is 45.8 Å². The number of halogens is 2. The van der Waals surface area contributed by atoms with Gasteiger partial charge in [0, 0.05) is 5.56 Å². The summed E-state index contributed by atoms with van der Waals surface area (Å²) in [5, 5.41) is 0. The number of esters is 2. The summed E-state index contributed by atoms with van der Waals surface area (Å²) in [5.74, 6) is -3.19. The quantitative estimate of drug-likeness (QED) is 0.711. The van der Waals surface area contributed by atoms with Gasteiger partial charge in [0.1, 0.15) is 23.8 Å². The Morgan fingerprint density at radius 2 is 1.59 bits per heavy atom. The molecule has 0 aromatic heterocycles. The first-order chi connectivity index (χ1) is 12.7. The van der Waals surface area contributed by atoms with Gasteiger partial charge in [-0.3, -0.25) is 9.59 Å². The third-order valence-corrected chi connectivity index (χ3v) is 3.58. The second-order valence-electron chi connectivity index (χ2n) is 7.09. The Bertz CT molecular complexity index is 811. The smallest absolute Gasteiger partial charge is 0.310 e. The molecule has 0 N–H and O–H groups in total. The summed E-state index contributed by atoms with van der Waals surface area (Å²) in [5.41, 5.74) is -0.412. The first kappa shape index (κ1) is 20.6. The molecule has 0 fully saturated rings. The molecule has 144 valence electrons. The fraction of sp³-hybridized carbons (Fsp3) is 0.333. The molecule has 0 aliphatic rings. The van der Waals surface area contributed by atoms with Gasteiger partial charge in [0.25, 0.3) is 0 Å². The predicted octanol–water partition coefficient (Wildman–Crippen LogP) is 4.13. The summed E-state index contributed by atoms with van der Waals surface area (Å²) in [6.07, 6.45) is -0.915. The average Bonchev–Trinajstić information content (AvgIpc) is 2.59. The van der Waals surface area contributed by atoms with Crippen molar-refractivity contribution in [1.82, 2.24) is 0 Å². The van der Waals surface area contributed by atoms with E-state index in [2.05, 4.69) is 0 Å². The monoisotopic (exact) mass is 376 g/mol. The van der Waals surface area contributed by atoms with Gasteiger partial charge in [-0.1, -0.05) is 36.4 Å². The second kappa shape index (κ2) is 8.75. The zero-order valence-electron chi connectivity index (χ0n) is 15.6. The van der Waals surface area contributed by atoms with Crippen LogP contribution >= 0.6 is 0 Å². The second-order valence-corrected chi connectivity index (χ2v) is 7.09. The topological polar surface area (TPSA) is 52.6 Å². The van der Waals surface area contributed by atoms with Gasteiger partial charge in [-0.2, -0.15) is 0 Å². The standard InChI is InChI=1S/C21H22F2O4/c1-21(2,3)27-19(25)12-16-17(22)10-9-15(20(16)23)11-18(24)26-13-14-7-5-4-6-8-14/h4-10H,11-13H2,1-3H3. The lowest BCUT2D eigenvalue weighted by molar-refractivity contribution is -0.154. The highest BCUT2D eigenvalue weighted by atomic mass is 19.1. The van der Waals surface area contributed by atoms with Crippen molar-refractivity contribution in [2.75, 3.05) is 0 Å². The molecule has 2 rings (SSSR count). The molecule has 0 saturated heterocycles. The van der Waals surface area contributed by atoms with Gasteiger partial charge >= 0.3 is 11.9 Å². The van der Waals surface area contributed by atoms with Crippen LogP contribution in [-0.4, -0.2) is 17.5 Å². The molecule has 0 radical (unpaired) electrons. The van der Waals surface area contributed by atoms with Gasteiger partial charge in [0.2, 0.25) is 0 Å². The Kier molecular flexibility index (Phi) is 6.66. The van der Waals surface area contributed by atoms with Crippen LogP contribution < -0.4 is 0 Å². The molecule has 0 bridgehead atoms. The van der Waals surface area contributed by atoms with Gasteiger partial charge in [-0.05, 0) is 38.0 Å². The molecule has 2 aromatic rings. The zero-order chi connectivity index (χ0) is 20.0. The van der Waals surface area contributed by atoms with Crippen LogP contribution in [0.2, 0.25) is 0 Å². The van der Waals surface area contributed by atoms with Gasteiger partial charge in [-0.15, -0.1) is 0 Å². The average molecular weight is 376 g/mol. The Hall–Kier alpha value is -2.76. The van der Waals surface area contributed by atoms with Crippen LogP contribution in [0, 0.1) is 11.6 Å². The molecular formula is C21H22F2O4. The van der Waals surface area contributed by atoms with E-state index >= 15 is 0 Å². The van der Waals surface area contributed by atoms with E-state index in [0.717, 1.165) is 11.6 Å².